The van der Waals surface area contributed by atoms with Gasteiger partial charge in [0.1, 0.15) is 12.1 Å². The first kappa shape index (κ1) is 33.1. The van der Waals surface area contributed by atoms with Gasteiger partial charge in [0.2, 0.25) is 0 Å². The van der Waals surface area contributed by atoms with Gasteiger partial charge in [0.25, 0.3) is 0 Å². The van der Waals surface area contributed by atoms with Crippen LogP contribution in [0.15, 0.2) is 0 Å². The minimum absolute atomic E-state index is 0.0283. The predicted molar refractivity (Wildman–Crippen MR) is 126 cm³/mol. The van der Waals surface area contributed by atoms with Crippen LogP contribution in [0.3, 0.4) is 0 Å². The molecule has 0 aromatic rings. The predicted octanol–water partition coefficient (Wildman–Crippen LogP) is 2.70. The smallest absolute Gasteiger partial charge is 0.330 e. The largest absolute Gasteiger partial charge is 0.481 e. The van der Waals surface area contributed by atoms with E-state index in [-0.39, 0.29) is 19.3 Å². The third-order valence-electron chi connectivity index (χ3n) is 4.96. The summed E-state index contributed by atoms with van der Waals surface area (Å²) in [6, 6.07) is -1.77. The highest BCUT2D eigenvalue weighted by Gasteiger charge is 2.19. The lowest BCUT2D eigenvalue weighted by Crippen LogP contribution is -2.34. The molecule has 33 heavy (non-hydrogen) atoms. The summed E-state index contributed by atoms with van der Waals surface area (Å²) in [5.74, 6) is -3.39. The van der Waals surface area contributed by atoms with Crippen molar-refractivity contribution in [2.24, 2.45) is 17.2 Å². The molecule has 0 heterocycles. The Kier molecular flexibility index (Phi) is 23.2. The molecule has 0 bridgehead atoms. The Bertz CT molecular complexity index is 544. The molecule has 0 aliphatic carbocycles. The highest BCUT2D eigenvalue weighted by Crippen LogP contribution is 2.11. The Balaban J connectivity index is 0. The molecule has 0 amide bonds. The molecular formula is C23H45N3O7. The van der Waals surface area contributed by atoms with Gasteiger partial charge < -0.3 is 32.2 Å². The Morgan fingerprint density at radius 2 is 1.27 bits per heavy atom. The van der Waals surface area contributed by atoms with Crippen LogP contribution >= 0.6 is 0 Å². The van der Waals surface area contributed by atoms with E-state index in [0.29, 0.717) is 19.4 Å². The zero-order chi connectivity index (χ0) is 25.5. The van der Waals surface area contributed by atoms with Gasteiger partial charge in [-0.3, -0.25) is 14.4 Å². The lowest BCUT2D eigenvalue weighted by Gasteiger charge is -2.09. The van der Waals surface area contributed by atoms with Crippen LogP contribution in [-0.4, -0.2) is 52.7 Å². The lowest BCUT2D eigenvalue weighted by molar-refractivity contribution is -0.160. The number of hydrogen-bond acceptors (Lipinski definition) is 8. The number of rotatable bonds is 19. The van der Waals surface area contributed by atoms with E-state index >= 15 is 0 Å². The van der Waals surface area contributed by atoms with E-state index in [4.69, 9.17) is 27.4 Å². The van der Waals surface area contributed by atoms with Crippen LogP contribution in [0.1, 0.15) is 103 Å². The quantitative estimate of drug-likeness (QED) is 0.105. The Labute approximate surface area is 197 Å². The molecule has 0 rings (SSSR count). The van der Waals surface area contributed by atoms with Crippen molar-refractivity contribution in [2.45, 2.75) is 115 Å². The van der Waals surface area contributed by atoms with Gasteiger partial charge in [-0.15, -0.1) is 0 Å². The maximum Gasteiger partial charge on any atom is 0.330 e. The molecule has 0 fully saturated rings. The van der Waals surface area contributed by atoms with Crippen LogP contribution in [0, 0.1) is 0 Å². The van der Waals surface area contributed by atoms with Gasteiger partial charge in [-0.25, -0.2) is 4.79 Å². The summed E-state index contributed by atoms with van der Waals surface area (Å²) < 4.78 is 4.62. The number of carbonyl (C=O) groups is 4. The minimum atomic E-state index is -1.06. The standard InChI is InChI=1S/C17H31NO5.C6H14N2O2/c1-2-3-4-5-6-7-8-9-10-11-16(21)23-17(22)14(18)12-13-15(19)20;7-4-2-1-3-5(8)6(9)10/h14H,2-13,18H2,1H3,(H,19,20);5H,1-4,7-8H2,(H,9,10). The maximum atomic E-state index is 11.5. The zero-order valence-corrected chi connectivity index (χ0v) is 20.1. The molecule has 10 heteroatoms. The molecule has 0 aliphatic rings. The van der Waals surface area contributed by atoms with Crippen LogP contribution in [-0.2, 0) is 23.9 Å². The molecule has 0 aromatic carbocycles. The molecule has 10 nitrogen and oxygen atoms in total. The summed E-state index contributed by atoms with van der Waals surface area (Å²) in [6.45, 7) is 2.80. The van der Waals surface area contributed by atoms with Crippen LogP contribution in [0.25, 0.3) is 0 Å². The summed E-state index contributed by atoms with van der Waals surface area (Å²) in [6.07, 6.45) is 12.4. The number of carboxylic acid groups (broad SMARTS) is 2. The second kappa shape index (κ2) is 23.1. The summed E-state index contributed by atoms with van der Waals surface area (Å²) in [5, 5.41) is 16.8. The fourth-order valence-electron chi connectivity index (χ4n) is 2.85. The fourth-order valence-corrected chi connectivity index (χ4v) is 2.85. The van der Waals surface area contributed by atoms with Crippen molar-refractivity contribution in [1.29, 1.82) is 0 Å². The number of unbranched alkanes of at least 4 members (excludes halogenated alkanes) is 9. The monoisotopic (exact) mass is 475 g/mol. The zero-order valence-electron chi connectivity index (χ0n) is 20.1. The molecule has 2 atom stereocenters. The van der Waals surface area contributed by atoms with E-state index in [0.717, 1.165) is 25.7 Å². The van der Waals surface area contributed by atoms with Crippen molar-refractivity contribution < 1.29 is 34.1 Å². The molecule has 2 unspecified atom stereocenters. The first-order chi connectivity index (χ1) is 15.6. The number of ether oxygens (including phenoxy) is 1. The first-order valence-corrected chi connectivity index (χ1v) is 12.1. The van der Waals surface area contributed by atoms with Gasteiger partial charge in [-0.2, -0.15) is 0 Å². The molecule has 0 radical (unpaired) electrons. The van der Waals surface area contributed by atoms with Crippen molar-refractivity contribution >= 4 is 23.9 Å². The lowest BCUT2D eigenvalue weighted by atomic mass is 10.1. The number of nitrogens with two attached hydrogens (primary N) is 3. The van der Waals surface area contributed by atoms with Crippen molar-refractivity contribution in [2.75, 3.05) is 6.54 Å². The Morgan fingerprint density at radius 1 is 0.727 bits per heavy atom. The van der Waals surface area contributed by atoms with E-state index in [1.165, 1.54) is 38.5 Å². The third-order valence-corrected chi connectivity index (χ3v) is 4.96. The second-order valence-electron chi connectivity index (χ2n) is 8.14. The van der Waals surface area contributed by atoms with Crippen LogP contribution in [0.2, 0.25) is 0 Å². The molecule has 8 N–H and O–H groups in total. The van der Waals surface area contributed by atoms with E-state index in [9.17, 15) is 19.2 Å². The molecule has 0 saturated heterocycles. The van der Waals surface area contributed by atoms with Crippen molar-refractivity contribution in [3.63, 3.8) is 0 Å². The van der Waals surface area contributed by atoms with E-state index < -0.39 is 36.0 Å². The Morgan fingerprint density at radius 3 is 1.76 bits per heavy atom. The van der Waals surface area contributed by atoms with Gasteiger partial charge in [0.05, 0.1) is 0 Å². The fraction of sp³-hybridized carbons (Fsp3) is 0.826. The average Bonchev–Trinajstić information content (AvgIpc) is 2.76. The SMILES string of the molecule is CCCCCCCCCCCC(=O)OC(=O)C(N)CCC(=O)O.NCCCCC(N)C(=O)O. The first-order valence-electron chi connectivity index (χ1n) is 12.1. The van der Waals surface area contributed by atoms with E-state index in [2.05, 4.69) is 11.7 Å². The molecule has 0 aromatic heterocycles. The van der Waals surface area contributed by atoms with E-state index in [1.807, 2.05) is 0 Å². The van der Waals surface area contributed by atoms with Gasteiger partial charge in [0, 0.05) is 12.8 Å². The molecule has 0 aliphatic heterocycles. The summed E-state index contributed by atoms with van der Waals surface area (Å²) in [5.41, 5.74) is 15.9. The Hall–Kier alpha value is -2.04. The number of hydrogen-bond donors (Lipinski definition) is 5. The molecular weight excluding hydrogens is 430 g/mol. The molecule has 194 valence electrons. The van der Waals surface area contributed by atoms with Crippen molar-refractivity contribution in [3.8, 4) is 0 Å². The minimum Gasteiger partial charge on any atom is -0.481 e. The second-order valence-corrected chi connectivity index (χ2v) is 8.14. The topological polar surface area (TPSA) is 196 Å². The van der Waals surface area contributed by atoms with Gasteiger partial charge in [-0.1, -0.05) is 64.7 Å². The highest BCUT2D eigenvalue weighted by molar-refractivity contribution is 5.88. The van der Waals surface area contributed by atoms with Gasteiger partial charge in [0.15, 0.2) is 0 Å². The average molecular weight is 476 g/mol. The molecule has 0 spiro atoms. The van der Waals surface area contributed by atoms with Crippen LogP contribution < -0.4 is 17.2 Å². The number of esters is 2. The van der Waals surface area contributed by atoms with Crippen molar-refractivity contribution in [1.82, 2.24) is 0 Å². The van der Waals surface area contributed by atoms with Gasteiger partial charge >= 0.3 is 23.9 Å². The number of aliphatic carboxylic acids is 2. The third kappa shape index (κ3) is 24.4. The highest BCUT2D eigenvalue weighted by atomic mass is 16.6. The van der Waals surface area contributed by atoms with Gasteiger partial charge in [-0.05, 0) is 32.2 Å². The normalized spacial score (nSPS) is 12.2. The van der Waals surface area contributed by atoms with Crippen LogP contribution in [0.5, 0.6) is 0 Å². The molecule has 0 saturated carbocycles. The van der Waals surface area contributed by atoms with E-state index in [1.54, 1.807) is 0 Å². The maximum absolute atomic E-state index is 11.5. The van der Waals surface area contributed by atoms with Crippen molar-refractivity contribution in [3.05, 3.63) is 0 Å². The summed E-state index contributed by atoms with van der Waals surface area (Å²) in [7, 11) is 0. The van der Waals surface area contributed by atoms with Crippen LogP contribution in [0.4, 0.5) is 0 Å². The summed E-state index contributed by atoms with van der Waals surface area (Å²) >= 11 is 0. The summed E-state index contributed by atoms with van der Waals surface area (Å²) in [4.78, 5) is 43.5. The number of carboxylic acids is 2. The number of carbonyl (C=O) groups excluding carboxylic acids is 2.